The van der Waals surface area contributed by atoms with Gasteiger partial charge in [0, 0.05) is 0 Å². The van der Waals surface area contributed by atoms with Gasteiger partial charge >= 0.3 is 5.97 Å². The van der Waals surface area contributed by atoms with Gasteiger partial charge in [-0.2, -0.15) is 0 Å². The average Bonchev–Trinajstić information content (AvgIpc) is 2.85. The number of esters is 1. The first-order chi connectivity index (χ1) is 12.3. The van der Waals surface area contributed by atoms with Crippen molar-refractivity contribution in [1.82, 2.24) is 4.90 Å². The fraction of sp³-hybridized carbons (Fsp3) is 0.353. The molecule has 0 bridgehead atoms. The Bertz CT molecular complexity index is 779. The van der Waals surface area contributed by atoms with Crippen LogP contribution in [0.15, 0.2) is 17.0 Å². The van der Waals surface area contributed by atoms with Crippen molar-refractivity contribution in [2.45, 2.75) is 26.4 Å². The highest BCUT2D eigenvalue weighted by Gasteiger charge is 2.36. The second kappa shape index (κ2) is 8.46. The Morgan fingerprint density at radius 3 is 2.73 bits per heavy atom. The molecule has 2 amide bonds. The number of methoxy groups -OCH3 is 1. The molecule has 1 N–H and O–H groups in total. The number of benzene rings is 1. The van der Waals surface area contributed by atoms with Gasteiger partial charge in [0.15, 0.2) is 11.5 Å². The molecule has 0 aliphatic carbocycles. The summed E-state index contributed by atoms with van der Waals surface area (Å²) in [6.45, 7) is 3.15. The number of hydrogen-bond donors (Lipinski definition) is 1. The van der Waals surface area contributed by atoms with Gasteiger partial charge in [0.2, 0.25) is 0 Å². The Kier molecular flexibility index (Phi) is 6.55. The first-order valence-corrected chi connectivity index (χ1v) is 8.97. The summed E-state index contributed by atoms with van der Waals surface area (Å²) in [6, 6.07) is 2.91. The molecule has 1 aliphatic heterocycles. The van der Waals surface area contributed by atoms with Gasteiger partial charge in [-0.3, -0.25) is 19.3 Å². The number of ether oxygens (including phenoxy) is 2. The molecule has 1 fully saturated rings. The summed E-state index contributed by atoms with van der Waals surface area (Å²) in [5.74, 6) is -1.31. The van der Waals surface area contributed by atoms with Gasteiger partial charge in [-0.25, -0.2) is 0 Å². The van der Waals surface area contributed by atoms with Crippen molar-refractivity contribution in [2.75, 3.05) is 13.7 Å². The largest absolute Gasteiger partial charge is 0.503 e. The third kappa shape index (κ3) is 4.50. The molecule has 1 aromatic carbocycles. The van der Waals surface area contributed by atoms with E-state index in [0.29, 0.717) is 23.7 Å². The van der Waals surface area contributed by atoms with Crippen molar-refractivity contribution < 1.29 is 29.0 Å². The minimum Gasteiger partial charge on any atom is -0.503 e. The maximum atomic E-state index is 12.4. The second-order valence-corrected chi connectivity index (χ2v) is 6.93. The van der Waals surface area contributed by atoms with Crippen molar-refractivity contribution in [1.29, 1.82) is 0 Å². The fourth-order valence-electron chi connectivity index (χ4n) is 2.09. The second-order valence-electron chi connectivity index (χ2n) is 5.53. The molecule has 2 rings (SSSR count). The van der Waals surface area contributed by atoms with Crippen LogP contribution in [0.4, 0.5) is 4.79 Å². The summed E-state index contributed by atoms with van der Waals surface area (Å²) in [5.41, 5.74) is 0.470. The summed E-state index contributed by atoms with van der Waals surface area (Å²) < 4.78 is 10.1. The molecule has 0 radical (unpaired) electrons. The first kappa shape index (κ1) is 20.1. The SMILES string of the molecule is CC[C@H](C)OC(=O)CN1C(=O)S/C(=C\c2cc(Cl)c(O)c(OC)c2)C1=O. The standard InChI is InChI=1S/C17H18ClNO6S/c1-4-9(2)25-14(20)8-19-16(22)13(26-17(19)23)7-10-5-11(18)15(21)12(6-10)24-3/h5-7,9,21H,4,8H2,1-3H3/b13-7-/t9-/m0/s1. The summed E-state index contributed by atoms with van der Waals surface area (Å²) in [4.78, 5) is 37.3. The molecule has 1 saturated heterocycles. The Hall–Kier alpha value is -2.19. The number of phenolic OH excluding ortho intramolecular Hbond substituents is 1. The van der Waals surface area contributed by atoms with Crippen LogP contribution in [0, 0.1) is 0 Å². The lowest BCUT2D eigenvalue weighted by Crippen LogP contribution is -2.35. The van der Waals surface area contributed by atoms with Gasteiger partial charge in [-0.05, 0) is 48.9 Å². The van der Waals surface area contributed by atoms with Crippen LogP contribution in [0.2, 0.25) is 5.02 Å². The third-order valence-corrected chi connectivity index (χ3v) is 4.83. The molecule has 1 aromatic rings. The Balaban J connectivity index is 2.19. The number of carbonyl (C=O) groups excluding carboxylic acids is 3. The van der Waals surface area contributed by atoms with Crippen LogP contribution in [0.3, 0.4) is 0 Å². The van der Waals surface area contributed by atoms with E-state index in [9.17, 15) is 19.5 Å². The van der Waals surface area contributed by atoms with Gasteiger partial charge in [0.05, 0.1) is 23.1 Å². The van der Waals surface area contributed by atoms with Crippen LogP contribution in [-0.4, -0.2) is 46.9 Å². The van der Waals surface area contributed by atoms with Crippen molar-refractivity contribution in [3.05, 3.63) is 27.6 Å². The molecular formula is C17H18ClNO6S. The molecule has 1 atom stereocenters. The Labute approximate surface area is 159 Å². The van der Waals surface area contributed by atoms with Crippen LogP contribution in [-0.2, 0) is 14.3 Å². The molecule has 9 heteroatoms. The number of aromatic hydroxyl groups is 1. The van der Waals surface area contributed by atoms with Crippen LogP contribution in [0.25, 0.3) is 6.08 Å². The molecule has 0 unspecified atom stereocenters. The van der Waals surface area contributed by atoms with E-state index in [1.807, 2.05) is 6.92 Å². The highest BCUT2D eigenvalue weighted by Crippen LogP contribution is 2.37. The zero-order chi connectivity index (χ0) is 19.4. The van der Waals surface area contributed by atoms with E-state index >= 15 is 0 Å². The molecule has 7 nitrogen and oxygen atoms in total. The third-order valence-electron chi connectivity index (χ3n) is 3.64. The topological polar surface area (TPSA) is 93.1 Å². The monoisotopic (exact) mass is 399 g/mol. The van der Waals surface area contributed by atoms with Crippen LogP contribution in [0.5, 0.6) is 11.5 Å². The van der Waals surface area contributed by atoms with E-state index in [1.165, 1.54) is 25.3 Å². The van der Waals surface area contributed by atoms with E-state index in [2.05, 4.69) is 0 Å². The zero-order valence-electron chi connectivity index (χ0n) is 14.4. The van der Waals surface area contributed by atoms with Crippen molar-refractivity contribution in [3.63, 3.8) is 0 Å². The van der Waals surface area contributed by atoms with Crippen molar-refractivity contribution >= 4 is 46.6 Å². The van der Waals surface area contributed by atoms with Gasteiger partial charge in [-0.1, -0.05) is 18.5 Å². The number of halogens is 1. The van der Waals surface area contributed by atoms with E-state index in [4.69, 9.17) is 21.1 Å². The normalized spacial score (nSPS) is 16.9. The number of thioether (sulfide) groups is 1. The maximum Gasteiger partial charge on any atom is 0.326 e. The smallest absolute Gasteiger partial charge is 0.326 e. The molecule has 1 heterocycles. The number of amides is 2. The molecule has 0 spiro atoms. The predicted octanol–water partition coefficient (Wildman–Crippen LogP) is 3.43. The van der Waals surface area contributed by atoms with E-state index in [-0.39, 0.29) is 27.5 Å². The number of nitrogens with zero attached hydrogens (tertiary/aromatic N) is 1. The Morgan fingerprint density at radius 1 is 1.42 bits per heavy atom. The zero-order valence-corrected chi connectivity index (χ0v) is 16.0. The van der Waals surface area contributed by atoms with Gasteiger partial charge in [0.25, 0.3) is 11.1 Å². The lowest BCUT2D eigenvalue weighted by molar-refractivity contribution is -0.150. The molecule has 1 aliphatic rings. The lowest BCUT2D eigenvalue weighted by Gasteiger charge is -2.14. The number of hydrogen-bond acceptors (Lipinski definition) is 7. The van der Waals surface area contributed by atoms with E-state index in [0.717, 1.165) is 4.90 Å². The van der Waals surface area contributed by atoms with Crippen LogP contribution in [0.1, 0.15) is 25.8 Å². The molecular weight excluding hydrogens is 382 g/mol. The predicted molar refractivity (Wildman–Crippen MR) is 98.2 cm³/mol. The Morgan fingerprint density at radius 2 is 2.12 bits per heavy atom. The summed E-state index contributed by atoms with van der Waals surface area (Å²) in [6.07, 6.45) is 1.79. The maximum absolute atomic E-state index is 12.4. The molecule has 26 heavy (non-hydrogen) atoms. The van der Waals surface area contributed by atoms with Gasteiger partial charge < -0.3 is 14.6 Å². The average molecular weight is 400 g/mol. The quantitative estimate of drug-likeness (QED) is 0.578. The first-order valence-electron chi connectivity index (χ1n) is 7.78. The van der Waals surface area contributed by atoms with Crippen molar-refractivity contribution in [2.24, 2.45) is 0 Å². The van der Waals surface area contributed by atoms with Crippen LogP contribution < -0.4 is 4.74 Å². The summed E-state index contributed by atoms with van der Waals surface area (Å²) >= 11 is 6.63. The lowest BCUT2D eigenvalue weighted by atomic mass is 10.2. The number of imide groups is 1. The molecule has 0 aromatic heterocycles. The highest BCUT2D eigenvalue weighted by molar-refractivity contribution is 8.18. The fourth-order valence-corrected chi connectivity index (χ4v) is 3.15. The number of rotatable bonds is 6. The molecule has 0 saturated carbocycles. The highest BCUT2D eigenvalue weighted by atomic mass is 35.5. The minimum atomic E-state index is -0.641. The number of carbonyl (C=O) groups is 3. The summed E-state index contributed by atoms with van der Waals surface area (Å²) in [7, 11) is 1.37. The van der Waals surface area contributed by atoms with Crippen LogP contribution >= 0.6 is 23.4 Å². The van der Waals surface area contributed by atoms with E-state index in [1.54, 1.807) is 6.92 Å². The summed E-state index contributed by atoms with van der Waals surface area (Å²) in [5, 5.41) is 9.24. The minimum absolute atomic E-state index is 0.0481. The van der Waals surface area contributed by atoms with Crippen molar-refractivity contribution in [3.8, 4) is 11.5 Å². The van der Waals surface area contributed by atoms with Gasteiger partial charge in [-0.15, -0.1) is 0 Å². The van der Waals surface area contributed by atoms with E-state index < -0.39 is 23.7 Å². The molecule has 140 valence electrons. The van der Waals surface area contributed by atoms with Gasteiger partial charge in [0.1, 0.15) is 6.54 Å². The number of phenols is 1.